The molecule has 3 heterocycles. The second kappa shape index (κ2) is 9.41. The number of hydrogen-bond acceptors (Lipinski definition) is 7. The lowest BCUT2D eigenvalue weighted by molar-refractivity contribution is -0.137. The van der Waals surface area contributed by atoms with E-state index in [1.54, 1.807) is 6.26 Å². The summed E-state index contributed by atoms with van der Waals surface area (Å²) in [6.07, 6.45) is -2.86. The zero-order valence-corrected chi connectivity index (χ0v) is 19.1. The van der Waals surface area contributed by atoms with Crippen LogP contribution in [-0.2, 0) is 12.7 Å². The van der Waals surface area contributed by atoms with Gasteiger partial charge in [-0.2, -0.15) is 18.2 Å². The number of rotatable bonds is 7. The molecule has 0 saturated carbocycles. The van der Waals surface area contributed by atoms with Gasteiger partial charge in [-0.1, -0.05) is 59.4 Å². The van der Waals surface area contributed by atoms with Gasteiger partial charge in [0, 0.05) is 11.1 Å². The minimum atomic E-state index is -4.46. The van der Waals surface area contributed by atoms with Crippen molar-refractivity contribution in [3.05, 3.63) is 90.2 Å². The van der Waals surface area contributed by atoms with Crippen LogP contribution in [0.5, 0.6) is 0 Å². The van der Waals surface area contributed by atoms with E-state index in [-0.39, 0.29) is 22.5 Å². The molecular weight excluding hydrogens is 479 g/mol. The lowest BCUT2D eigenvalue weighted by atomic mass is 10.1. The number of halogens is 3. The molecule has 7 nitrogen and oxygen atoms in total. The first-order valence-electron chi connectivity index (χ1n) is 10.6. The molecule has 0 bridgehead atoms. The standard InChI is InChI=1S/C24H18F3N5O2S/c1-15(22-28-20(31-34-22)17-9-5-10-18(13-17)24(25,26)27)35-23-30-29-21(16-7-3-2-4-8-16)32(23)14-19-11-6-12-33-19/h2-13,15H,14H2,1H3. The van der Waals surface area contributed by atoms with E-state index >= 15 is 0 Å². The number of nitrogens with zero attached hydrogens (tertiary/aromatic N) is 5. The Labute approximate surface area is 202 Å². The molecule has 0 amide bonds. The van der Waals surface area contributed by atoms with E-state index in [1.165, 1.54) is 23.9 Å². The summed E-state index contributed by atoms with van der Waals surface area (Å²) in [7, 11) is 0. The zero-order chi connectivity index (χ0) is 24.4. The first-order chi connectivity index (χ1) is 16.9. The lowest BCUT2D eigenvalue weighted by Gasteiger charge is -2.10. The predicted octanol–water partition coefficient (Wildman–Crippen LogP) is 6.51. The molecule has 0 fully saturated rings. The molecule has 1 atom stereocenters. The van der Waals surface area contributed by atoms with Crippen molar-refractivity contribution < 1.29 is 22.1 Å². The van der Waals surface area contributed by atoms with Crippen LogP contribution in [-0.4, -0.2) is 24.9 Å². The summed E-state index contributed by atoms with van der Waals surface area (Å²) in [5.41, 5.74) is 0.346. The van der Waals surface area contributed by atoms with E-state index in [4.69, 9.17) is 8.94 Å². The zero-order valence-electron chi connectivity index (χ0n) is 18.3. The summed E-state index contributed by atoms with van der Waals surface area (Å²) >= 11 is 1.35. The Morgan fingerprint density at radius 1 is 0.971 bits per heavy atom. The van der Waals surface area contributed by atoms with Crippen molar-refractivity contribution in [1.82, 2.24) is 24.9 Å². The van der Waals surface area contributed by atoms with E-state index in [2.05, 4.69) is 20.3 Å². The highest BCUT2D eigenvalue weighted by atomic mass is 32.2. The largest absolute Gasteiger partial charge is 0.467 e. The Balaban J connectivity index is 1.41. The van der Waals surface area contributed by atoms with Gasteiger partial charge in [-0.15, -0.1) is 10.2 Å². The van der Waals surface area contributed by atoms with Crippen molar-refractivity contribution >= 4 is 11.8 Å². The number of thioether (sulfide) groups is 1. The molecule has 0 N–H and O–H groups in total. The van der Waals surface area contributed by atoms with Gasteiger partial charge in [0.25, 0.3) is 0 Å². The first kappa shape index (κ1) is 22.9. The molecule has 0 aliphatic rings. The normalized spacial score (nSPS) is 12.7. The fraction of sp³-hybridized carbons (Fsp3) is 0.167. The van der Waals surface area contributed by atoms with Crippen LogP contribution in [0.15, 0.2) is 87.1 Å². The molecule has 3 aromatic heterocycles. The summed E-state index contributed by atoms with van der Waals surface area (Å²) in [6, 6.07) is 18.2. The number of benzene rings is 2. The molecular formula is C24H18F3N5O2S. The van der Waals surface area contributed by atoms with Gasteiger partial charge in [0.05, 0.1) is 23.6 Å². The summed E-state index contributed by atoms with van der Waals surface area (Å²) in [5, 5.41) is 12.9. The third kappa shape index (κ3) is 4.99. The average Bonchev–Trinajstić information content (AvgIpc) is 3.62. The lowest BCUT2D eigenvalue weighted by Crippen LogP contribution is -2.04. The van der Waals surface area contributed by atoms with Gasteiger partial charge in [0.2, 0.25) is 11.7 Å². The van der Waals surface area contributed by atoms with Crippen LogP contribution in [0.2, 0.25) is 0 Å². The average molecular weight is 498 g/mol. The van der Waals surface area contributed by atoms with Gasteiger partial charge >= 0.3 is 6.18 Å². The molecule has 0 aliphatic heterocycles. The van der Waals surface area contributed by atoms with Gasteiger partial charge in [-0.3, -0.25) is 4.57 Å². The maximum absolute atomic E-state index is 13.1. The Morgan fingerprint density at radius 2 is 1.77 bits per heavy atom. The third-order valence-electron chi connectivity index (χ3n) is 5.16. The maximum Gasteiger partial charge on any atom is 0.416 e. The van der Waals surface area contributed by atoms with Gasteiger partial charge < -0.3 is 8.94 Å². The molecule has 5 rings (SSSR count). The number of hydrogen-bond donors (Lipinski definition) is 0. The molecule has 11 heteroatoms. The van der Waals surface area contributed by atoms with Gasteiger partial charge in [-0.25, -0.2) is 0 Å². The molecule has 178 valence electrons. The van der Waals surface area contributed by atoms with Crippen molar-refractivity contribution in [3.8, 4) is 22.8 Å². The van der Waals surface area contributed by atoms with Crippen LogP contribution in [0, 0.1) is 0 Å². The highest BCUT2D eigenvalue weighted by Gasteiger charge is 2.31. The topological polar surface area (TPSA) is 82.8 Å². The number of furan rings is 1. The molecule has 2 aromatic carbocycles. The van der Waals surface area contributed by atoms with E-state index in [0.717, 1.165) is 23.5 Å². The van der Waals surface area contributed by atoms with Crippen LogP contribution in [0.4, 0.5) is 13.2 Å². The SMILES string of the molecule is CC(Sc1nnc(-c2ccccc2)n1Cc1ccco1)c1nc(-c2cccc(C(F)(F)F)c2)no1. The van der Waals surface area contributed by atoms with Crippen molar-refractivity contribution in [2.75, 3.05) is 0 Å². The highest BCUT2D eigenvalue weighted by molar-refractivity contribution is 7.99. The summed E-state index contributed by atoms with van der Waals surface area (Å²) < 4.78 is 52.0. The Hall–Kier alpha value is -3.86. The monoisotopic (exact) mass is 497 g/mol. The number of aromatic nitrogens is 5. The molecule has 1 unspecified atom stereocenters. The van der Waals surface area contributed by atoms with Crippen molar-refractivity contribution in [2.24, 2.45) is 0 Å². The van der Waals surface area contributed by atoms with Crippen molar-refractivity contribution in [2.45, 2.75) is 30.1 Å². The first-order valence-corrected chi connectivity index (χ1v) is 11.5. The highest BCUT2D eigenvalue weighted by Crippen LogP contribution is 2.36. The van der Waals surface area contributed by atoms with E-state index in [1.807, 2.05) is 54.0 Å². The van der Waals surface area contributed by atoms with Crippen LogP contribution in [0.25, 0.3) is 22.8 Å². The fourth-order valence-corrected chi connectivity index (χ4v) is 4.32. The Bertz CT molecular complexity index is 1410. The second-order valence-corrected chi connectivity index (χ2v) is 8.94. The maximum atomic E-state index is 13.1. The molecule has 0 aliphatic carbocycles. The van der Waals surface area contributed by atoms with Crippen molar-refractivity contribution in [3.63, 3.8) is 0 Å². The quantitative estimate of drug-likeness (QED) is 0.237. The molecule has 35 heavy (non-hydrogen) atoms. The van der Waals surface area contributed by atoms with E-state index < -0.39 is 11.7 Å². The van der Waals surface area contributed by atoms with Gasteiger partial charge in [-0.05, 0) is 31.2 Å². The van der Waals surface area contributed by atoms with Gasteiger partial charge in [0.1, 0.15) is 5.76 Å². The minimum absolute atomic E-state index is 0.0839. The molecule has 5 aromatic rings. The van der Waals surface area contributed by atoms with Crippen LogP contribution >= 0.6 is 11.8 Å². The smallest absolute Gasteiger partial charge is 0.416 e. The Kier molecular flexibility index (Phi) is 6.16. The predicted molar refractivity (Wildman–Crippen MR) is 122 cm³/mol. The number of alkyl halides is 3. The minimum Gasteiger partial charge on any atom is -0.467 e. The molecule has 0 spiro atoms. The summed E-state index contributed by atoms with van der Waals surface area (Å²) in [5.74, 6) is 1.75. The van der Waals surface area contributed by atoms with E-state index in [9.17, 15) is 13.2 Å². The van der Waals surface area contributed by atoms with Gasteiger partial charge in [0.15, 0.2) is 11.0 Å². The molecule has 0 saturated heterocycles. The van der Waals surface area contributed by atoms with E-state index in [0.29, 0.717) is 17.5 Å². The van der Waals surface area contributed by atoms with Crippen LogP contribution in [0.3, 0.4) is 0 Å². The third-order valence-corrected chi connectivity index (χ3v) is 6.23. The fourth-order valence-electron chi connectivity index (χ4n) is 3.44. The molecule has 0 radical (unpaired) electrons. The summed E-state index contributed by atoms with van der Waals surface area (Å²) in [6.45, 7) is 2.26. The Morgan fingerprint density at radius 3 is 2.51 bits per heavy atom. The second-order valence-electron chi connectivity index (χ2n) is 7.63. The summed E-state index contributed by atoms with van der Waals surface area (Å²) in [4.78, 5) is 4.33. The van der Waals surface area contributed by atoms with Crippen molar-refractivity contribution in [1.29, 1.82) is 0 Å². The van der Waals surface area contributed by atoms with Crippen LogP contribution < -0.4 is 0 Å². The van der Waals surface area contributed by atoms with Crippen LogP contribution in [0.1, 0.15) is 29.4 Å².